The van der Waals surface area contributed by atoms with Crippen LogP contribution in [0.2, 0.25) is 0 Å². The van der Waals surface area contributed by atoms with Gasteiger partial charge in [0.05, 0.1) is 10.9 Å². The van der Waals surface area contributed by atoms with Crippen LogP contribution in [0.25, 0.3) is 0 Å². The molecule has 3 fully saturated rings. The summed E-state index contributed by atoms with van der Waals surface area (Å²) in [5, 5.41) is 3.58. The van der Waals surface area contributed by atoms with Crippen molar-refractivity contribution in [3.63, 3.8) is 0 Å². The van der Waals surface area contributed by atoms with E-state index in [1.165, 1.54) is 25.7 Å². The summed E-state index contributed by atoms with van der Waals surface area (Å²) in [6.07, 6.45) is 6.09. The van der Waals surface area contributed by atoms with Gasteiger partial charge in [0.1, 0.15) is 0 Å². The van der Waals surface area contributed by atoms with Crippen LogP contribution in [-0.2, 0) is 4.79 Å². The second-order valence-corrected chi connectivity index (χ2v) is 8.92. The summed E-state index contributed by atoms with van der Waals surface area (Å²) in [4.78, 5) is 31.2. The van der Waals surface area contributed by atoms with Crippen molar-refractivity contribution in [3.05, 3.63) is 21.9 Å². The molecular weight excluding hydrogens is 334 g/mol. The number of carbonyl (C=O) groups excluding carboxylic acids is 2. The molecule has 2 saturated heterocycles. The summed E-state index contributed by atoms with van der Waals surface area (Å²) in [6, 6.07) is 4.44. The third kappa shape index (κ3) is 3.47. The van der Waals surface area contributed by atoms with Crippen molar-refractivity contribution in [2.24, 2.45) is 5.92 Å². The maximum atomic E-state index is 12.9. The Morgan fingerprint density at radius 1 is 1.08 bits per heavy atom. The van der Waals surface area contributed by atoms with Crippen molar-refractivity contribution in [1.29, 1.82) is 0 Å². The second-order valence-electron chi connectivity index (χ2n) is 7.63. The average Bonchev–Trinajstić information content (AvgIpc) is 3.26. The second kappa shape index (κ2) is 7.08. The number of aryl methyl sites for hydroxylation is 1. The Bertz CT molecular complexity index is 637. The van der Waals surface area contributed by atoms with Gasteiger partial charge in [0.15, 0.2) is 0 Å². The highest BCUT2D eigenvalue weighted by atomic mass is 32.1. The maximum Gasteiger partial charge on any atom is 0.264 e. The van der Waals surface area contributed by atoms with Gasteiger partial charge in [0.25, 0.3) is 5.91 Å². The molecule has 3 heterocycles. The van der Waals surface area contributed by atoms with E-state index >= 15 is 0 Å². The molecule has 3 atom stereocenters. The zero-order valence-electron chi connectivity index (χ0n) is 14.9. The molecule has 3 unspecified atom stereocenters. The van der Waals surface area contributed by atoms with Gasteiger partial charge < -0.3 is 15.1 Å². The molecule has 5 nitrogen and oxygen atoms in total. The van der Waals surface area contributed by atoms with Gasteiger partial charge in [-0.25, -0.2) is 0 Å². The quantitative estimate of drug-likeness (QED) is 0.879. The molecule has 1 N–H and O–H groups in total. The first-order chi connectivity index (χ1) is 12.1. The minimum atomic E-state index is -0.00435. The first-order valence-corrected chi connectivity index (χ1v) is 10.3. The highest BCUT2D eigenvalue weighted by Gasteiger charge is 2.40. The third-order valence-corrected chi connectivity index (χ3v) is 6.98. The van der Waals surface area contributed by atoms with E-state index < -0.39 is 0 Å². The largest absolute Gasteiger partial charge is 0.338 e. The Labute approximate surface area is 153 Å². The predicted molar refractivity (Wildman–Crippen MR) is 98.8 cm³/mol. The number of nitrogens with one attached hydrogen (secondary N) is 1. The van der Waals surface area contributed by atoms with Crippen molar-refractivity contribution in [1.82, 2.24) is 15.1 Å². The Balaban J connectivity index is 1.31. The summed E-state index contributed by atoms with van der Waals surface area (Å²) in [5.41, 5.74) is 0. The van der Waals surface area contributed by atoms with Crippen LogP contribution >= 0.6 is 11.3 Å². The van der Waals surface area contributed by atoms with Crippen molar-refractivity contribution >= 4 is 23.2 Å². The molecule has 0 bridgehead atoms. The Morgan fingerprint density at radius 2 is 1.80 bits per heavy atom. The highest BCUT2D eigenvalue weighted by molar-refractivity contribution is 7.13. The van der Waals surface area contributed by atoms with Crippen molar-refractivity contribution in [2.45, 2.75) is 51.1 Å². The summed E-state index contributed by atoms with van der Waals surface area (Å²) >= 11 is 1.55. The number of carbonyl (C=O) groups is 2. The van der Waals surface area contributed by atoms with Gasteiger partial charge >= 0.3 is 0 Å². The van der Waals surface area contributed by atoms with Crippen molar-refractivity contribution in [3.8, 4) is 0 Å². The van der Waals surface area contributed by atoms with E-state index in [-0.39, 0.29) is 17.9 Å². The van der Waals surface area contributed by atoms with Gasteiger partial charge in [-0.05, 0) is 44.2 Å². The SMILES string of the molecule is Cc1ccc(C(=O)N2CCN(C(=O)C3CC4CCCCC4N3)CC2)s1. The van der Waals surface area contributed by atoms with E-state index in [2.05, 4.69) is 5.32 Å². The lowest BCUT2D eigenvalue weighted by molar-refractivity contribution is -0.134. The average molecular weight is 362 g/mol. The van der Waals surface area contributed by atoms with E-state index in [4.69, 9.17) is 0 Å². The van der Waals surface area contributed by atoms with E-state index in [1.54, 1.807) is 11.3 Å². The molecule has 3 aliphatic rings. The fraction of sp³-hybridized carbons (Fsp3) is 0.684. The van der Waals surface area contributed by atoms with Crippen LogP contribution in [-0.4, -0.2) is 59.9 Å². The van der Waals surface area contributed by atoms with Gasteiger partial charge in [-0.15, -0.1) is 11.3 Å². The number of hydrogen-bond acceptors (Lipinski definition) is 4. The molecular formula is C19H27N3O2S. The predicted octanol–water partition coefficient (Wildman–Crippen LogP) is 2.26. The molecule has 1 saturated carbocycles. The van der Waals surface area contributed by atoms with Crippen molar-refractivity contribution < 1.29 is 9.59 Å². The van der Waals surface area contributed by atoms with Gasteiger partial charge in [-0.1, -0.05) is 12.8 Å². The van der Waals surface area contributed by atoms with Crippen LogP contribution in [0.1, 0.15) is 46.7 Å². The number of thiophene rings is 1. The molecule has 0 aromatic carbocycles. The van der Waals surface area contributed by atoms with Gasteiger partial charge in [0, 0.05) is 37.1 Å². The fourth-order valence-corrected chi connectivity index (χ4v) is 5.40. The first kappa shape index (κ1) is 17.0. The maximum absolute atomic E-state index is 12.9. The molecule has 136 valence electrons. The molecule has 0 spiro atoms. The number of piperazine rings is 1. The molecule has 1 aromatic rings. The summed E-state index contributed by atoms with van der Waals surface area (Å²) in [7, 11) is 0. The number of fused-ring (bicyclic) bond motifs is 1. The molecule has 1 aromatic heterocycles. The van der Waals surface area contributed by atoms with Crippen LogP contribution in [0.5, 0.6) is 0 Å². The lowest BCUT2D eigenvalue weighted by Crippen LogP contribution is -2.54. The Morgan fingerprint density at radius 3 is 2.48 bits per heavy atom. The molecule has 6 heteroatoms. The van der Waals surface area contributed by atoms with Gasteiger partial charge in [0.2, 0.25) is 5.91 Å². The minimum Gasteiger partial charge on any atom is -0.338 e. The molecule has 0 radical (unpaired) electrons. The molecule has 1 aliphatic carbocycles. The first-order valence-electron chi connectivity index (χ1n) is 9.52. The zero-order chi connectivity index (χ0) is 17.4. The number of nitrogens with zero attached hydrogens (tertiary/aromatic N) is 2. The van der Waals surface area contributed by atoms with Gasteiger partial charge in [-0.2, -0.15) is 0 Å². The van der Waals surface area contributed by atoms with Crippen LogP contribution in [0.3, 0.4) is 0 Å². The Hall–Kier alpha value is -1.40. The summed E-state index contributed by atoms with van der Waals surface area (Å²) in [5.74, 6) is 1.04. The van der Waals surface area contributed by atoms with E-state index in [9.17, 15) is 9.59 Å². The molecule has 2 amide bonds. The zero-order valence-corrected chi connectivity index (χ0v) is 15.7. The molecule has 4 rings (SSSR count). The third-order valence-electron chi connectivity index (χ3n) is 5.99. The van der Waals surface area contributed by atoms with E-state index in [0.29, 0.717) is 38.1 Å². The van der Waals surface area contributed by atoms with Crippen LogP contribution in [0.15, 0.2) is 12.1 Å². The monoisotopic (exact) mass is 361 g/mol. The standard InChI is InChI=1S/C19H27N3O2S/c1-13-6-7-17(25-13)19(24)22-10-8-21(9-11-22)18(23)16-12-14-4-2-3-5-15(14)20-16/h6-7,14-16,20H,2-5,8-12H2,1H3. The normalized spacial score (nSPS) is 29.6. The van der Waals surface area contributed by atoms with Crippen molar-refractivity contribution in [2.75, 3.05) is 26.2 Å². The summed E-state index contributed by atoms with van der Waals surface area (Å²) < 4.78 is 0. The number of amides is 2. The van der Waals surface area contributed by atoms with Crippen LogP contribution < -0.4 is 5.32 Å². The van der Waals surface area contributed by atoms with E-state index in [1.807, 2.05) is 28.9 Å². The highest BCUT2D eigenvalue weighted by Crippen LogP contribution is 2.33. The summed E-state index contributed by atoms with van der Waals surface area (Å²) in [6.45, 7) is 4.61. The lowest BCUT2D eigenvalue weighted by atomic mass is 9.85. The topological polar surface area (TPSA) is 52.7 Å². The van der Waals surface area contributed by atoms with Crippen LogP contribution in [0, 0.1) is 12.8 Å². The minimum absolute atomic E-state index is 0.00435. The number of hydrogen-bond donors (Lipinski definition) is 1. The van der Waals surface area contributed by atoms with Crippen LogP contribution in [0.4, 0.5) is 0 Å². The van der Waals surface area contributed by atoms with E-state index in [0.717, 1.165) is 16.2 Å². The molecule has 2 aliphatic heterocycles. The Kier molecular flexibility index (Phi) is 4.82. The van der Waals surface area contributed by atoms with Gasteiger partial charge in [-0.3, -0.25) is 9.59 Å². The number of rotatable bonds is 2. The smallest absolute Gasteiger partial charge is 0.264 e. The fourth-order valence-electron chi connectivity index (χ4n) is 4.57. The molecule has 25 heavy (non-hydrogen) atoms. The lowest BCUT2D eigenvalue weighted by Gasteiger charge is -2.35.